The number of ether oxygens (including phenoxy) is 1. The van der Waals surface area contributed by atoms with E-state index in [1.165, 1.54) is 61.1 Å². The molecule has 7 aromatic carbocycles. The Kier molecular flexibility index (Phi) is 13.4. The molecular weight excluding hydrogens is 913 g/mol. The summed E-state index contributed by atoms with van der Waals surface area (Å²) in [6.45, 7) is 33.0. The Bertz CT molecular complexity index is 3520. The summed E-state index contributed by atoms with van der Waals surface area (Å²) in [6.07, 6.45) is 6.40. The number of hydrogen-bond donors (Lipinski definition) is 0. The van der Waals surface area contributed by atoms with Crippen molar-refractivity contribution in [3.05, 3.63) is 215 Å². The predicted octanol–water partition coefficient (Wildman–Crippen LogP) is 19.4. The van der Waals surface area contributed by atoms with Gasteiger partial charge in [0.1, 0.15) is 17.3 Å². The molecule has 0 fully saturated rings. The fourth-order valence-corrected chi connectivity index (χ4v) is 10.8. The highest BCUT2D eigenvalue weighted by atomic mass is 16.5. The number of hydrogen-bond acceptors (Lipinski definition) is 4. The quantitative estimate of drug-likeness (QED) is 0.122. The van der Waals surface area contributed by atoms with E-state index in [1.807, 2.05) is 6.20 Å². The number of anilines is 2. The maximum absolute atomic E-state index is 7.10. The fourth-order valence-electron chi connectivity index (χ4n) is 10.8. The molecule has 0 amide bonds. The van der Waals surface area contributed by atoms with Crippen LogP contribution in [-0.4, -0.2) is 16.2 Å². The highest BCUT2D eigenvalue weighted by molar-refractivity contribution is 6.10. The van der Waals surface area contributed by atoms with Crippen LogP contribution in [0.2, 0.25) is 0 Å². The Labute approximate surface area is 447 Å². The van der Waals surface area contributed by atoms with Crippen LogP contribution in [0.15, 0.2) is 176 Å². The predicted molar refractivity (Wildman–Crippen MR) is 320 cm³/mol. The molecule has 0 N–H and O–H groups in total. The molecule has 0 unspecified atom stereocenters. The molecule has 3 heterocycles. The van der Waals surface area contributed by atoms with Crippen molar-refractivity contribution in [2.75, 3.05) is 16.5 Å². The average molecular weight is 989 g/mol. The molecule has 0 radical (unpaired) electrons. The van der Waals surface area contributed by atoms with Gasteiger partial charge in [0.2, 0.25) is 0 Å². The summed E-state index contributed by atoms with van der Waals surface area (Å²) in [5.41, 5.74) is 18.3. The molecule has 2 aromatic heterocycles. The molecule has 1 aliphatic heterocycles. The lowest BCUT2D eigenvalue weighted by molar-refractivity contribution is 0.483. The van der Waals surface area contributed by atoms with Crippen molar-refractivity contribution in [3.8, 4) is 39.6 Å². The van der Waals surface area contributed by atoms with Crippen LogP contribution < -0.4 is 14.5 Å². The summed E-state index contributed by atoms with van der Waals surface area (Å²) in [5.74, 6) is 3.52. The molecule has 9 aromatic rings. The third-order valence-electron chi connectivity index (χ3n) is 15.6. The van der Waals surface area contributed by atoms with Gasteiger partial charge in [0.25, 0.3) is 0 Å². The first-order valence-corrected chi connectivity index (χ1v) is 27.2. The molecular formula is C70H76N4O. The van der Waals surface area contributed by atoms with Crippen molar-refractivity contribution in [2.45, 2.75) is 131 Å². The molecule has 10 rings (SSSR count). The van der Waals surface area contributed by atoms with Gasteiger partial charge in [-0.1, -0.05) is 188 Å². The third-order valence-corrected chi connectivity index (χ3v) is 15.6. The molecule has 5 heteroatoms. The van der Waals surface area contributed by atoms with E-state index >= 15 is 0 Å². The monoisotopic (exact) mass is 989 g/mol. The van der Waals surface area contributed by atoms with Crippen LogP contribution in [0, 0.1) is 0 Å². The Morgan fingerprint density at radius 2 is 1.03 bits per heavy atom. The van der Waals surface area contributed by atoms with Gasteiger partial charge in [-0.15, -0.1) is 0 Å². The molecule has 0 saturated heterocycles. The second kappa shape index (κ2) is 19.7. The SMILES string of the molecule is CC(C)c1cc(C(C)C)c(-c2ccnc(-n3c4cc(Oc5cc(-c6ccccc6)cc(N6C=CN(c7cc(C(C)(C)C)cc(C(C)(C)C)c7)C6)c5)ccc4c4ccc(C(C)(C)c5ccccc5)cc43)c2)c(C(C)C)c1. The molecule has 0 saturated carbocycles. The molecule has 5 nitrogen and oxygen atoms in total. The maximum atomic E-state index is 7.10. The van der Waals surface area contributed by atoms with Crippen molar-refractivity contribution in [1.29, 1.82) is 0 Å². The lowest BCUT2D eigenvalue weighted by Crippen LogP contribution is -2.26. The minimum Gasteiger partial charge on any atom is -0.457 e. The molecule has 0 bridgehead atoms. The zero-order chi connectivity index (χ0) is 53.1. The average Bonchev–Trinajstić information content (AvgIpc) is 4.01. The van der Waals surface area contributed by atoms with Crippen LogP contribution in [0.5, 0.6) is 11.5 Å². The largest absolute Gasteiger partial charge is 0.457 e. The van der Waals surface area contributed by atoms with Crippen LogP contribution in [-0.2, 0) is 16.2 Å². The van der Waals surface area contributed by atoms with Crippen molar-refractivity contribution in [2.24, 2.45) is 0 Å². The topological polar surface area (TPSA) is 33.5 Å². The van der Waals surface area contributed by atoms with Crippen LogP contribution in [0.3, 0.4) is 0 Å². The first kappa shape index (κ1) is 51.1. The van der Waals surface area contributed by atoms with E-state index in [9.17, 15) is 0 Å². The lowest BCUT2D eigenvalue weighted by Gasteiger charge is -2.29. The third kappa shape index (κ3) is 10.1. The minimum absolute atomic E-state index is 0.0185. The van der Waals surface area contributed by atoms with Crippen molar-refractivity contribution in [3.63, 3.8) is 0 Å². The van der Waals surface area contributed by atoms with Gasteiger partial charge < -0.3 is 14.5 Å². The van der Waals surface area contributed by atoms with Crippen molar-refractivity contribution < 1.29 is 4.74 Å². The van der Waals surface area contributed by atoms with Gasteiger partial charge in [0.15, 0.2) is 0 Å². The van der Waals surface area contributed by atoms with Crippen LogP contribution in [0.1, 0.15) is 154 Å². The Morgan fingerprint density at radius 1 is 0.453 bits per heavy atom. The van der Waals surface area contributed by atoms with E-state index in [0.29, 0.717) is 24.4 Å². The van der Waals surface area contributed by atoms with E-state index in [1.54, 1.807) is 0 Å². The summed E-state index contributed by atoms with van der Waals surface area (Å²) in [6, 6.07) is 58.2. The number of aromatic nitrogens is 2. The van der Waals surface area contributed by atoms with Gasteiger partial charge in [0, 0.05) is 58.3 Å². The number of rotatable bonds is 12. The summed E-state index contributed by atoms with van der Waals surface area (Å²) in [7, 11) is 0. The smallest absolute Gasteiger partial charge is 0.138 e. The van der Waals surface area contributed by atoms with Crippen LogP contribution >= 0.6 is 0 Å². The van der Waals surface area contributed by atoms with E-state index in [-0.39, 0.29) is 16.2 Å². The van der Waals surface area contributed by atoms with Gasteiger partial charge >= 0.3 is 0 Å². The summed E-state index contributed by atoms with van der Waals surface area (Å²) >= 11 is 0. The molecule has 0 aliphatic carbocycles. The zero-order valence-electron chi connectivity index (χ0n) is 46.9. The second-order valence-corrected chi connectivity index (χ2v) is 24.5. The number of nitrogens with zero attached hydrogens (tertiary/aromatic N) is 4. The van der Waals surface area contributed by atoms with Gasteiger partial charge in [-0.25, -0.2) is 4.98 Å². The van der Waals surface area contributed by atoms with Crippen molar-refractivity contribution in [1.82, 2.24) is 9.55 Å². The summed E-state index contributed by atoms with van der Waals surface area (Å²) in [5, 5.41) is 2.32. The van der Waals surface area contributed by atoms with E-state index in [0.717, 1.165) is 50.6 Å². The standard InChI is InChI=1S/C70H76N4O/c1-45(2)50-35-62(46(3)4)67(63(36-50)47(5)6)49-29-30-71-66(37-49)74-64-41-53(70(13,14)52-23-19-16-20-24-52)25-27-60(64)61-28-26-58(43-65(61)74)75-59-34-51(48-21-17-15-18-22-48)33-56(42-59)72-31-32-73(44-72)57-39-54(68(7,8)9)38-55(40-57)69(10,11)12/h15-43,45-47H,44H2,1-14H3. The zero-order valence-corrected chi connectivity index (χ0v) is 46.9. The number of benzene rings is 7. The molecule has 382 valence electrons. The second-order valence-electron chi connectivity index (χ2n) is 24.5. The van der Waals surface area contributed by atoms with Gasteiger partial charge in [-0.3, -0.25) is 4.57 Å². The van der Waals surface area contributed by atoms with Gasteiger partial charge in [-0.05, 0) is 144 Å². The minimum atomic E-state index is -0.244. The molecule has 1 aliphatic rings. The van der Waals surface area contributed by atoms with E-state index < -0.39 is 0 Å². The highest BCUT2D eigenvalue weighted by Gasteiger charge is 2.28. The number of pyridine rings is 1. The summed E-state index contributed by atoms with van der Waals surface area (Å²) < 4.78 is 9.47. The highest BCUT2D eigenvalue weighted by Crippen LogP contribution is 2.44. The van der Waals surface area contributed by atoms with E-state index in [2.05, 4.69) is 281 Å². The Hall–Kier alpha value is -7.37. The van der Waals surface area contributed by atoms with Crippen LogP contribution in [0.25, 0.3) is 49.9 Å². The summed E-state index contributed by atoms with van der Waals surface area (Å²) in [4.78, 5) is 9.91. The normalized spacial score (nSPS) is 13.4. The first-order valence-electron chi connectivity index (χ1n) is 27.2. The van der Waals surface area contributed by atoms with Gasteiger partial charge in [0.05, 0.1) is 17.7 Å². The molecule has 0 atom stereocenters. The van der Waals surface area contributed by atoms with Gasteiger partial charge in [-0.2, -0.15) is 0 Å². The Morgan fingerprint density at radius 3 is 1.61 bits per heavy atom. The van der Waals surface area contributed by atoms with Crippen LogP contribution in [0.4, 0.5) is 11.4 Å². The number of fused-ring (bicyclic) bond motifs is 3. The molecule has 0 spiro atoms. The van der Waals surface area contributed by atoms with Crippen molar-refractivity contribution >= 4 is 33.2 Å². The lowest BCUT2D eigenvalue weighted by atomic mass is 9.78. The Balaban J connectivity index is 1.10. The van der Waals surface area contributed by atoms with E-state index in [4.69, 9.17) is 9.72 Å². The molecule has 75 heavy (non-hydrogen) atoms. The maximum Gasteiger partial charge on any atom is 0.138 e. The fraction of sp³-hybridized carbons (Fsp3) is 0.300. The first-order chi connectivity index (χ1) is 35.6.